The molecule has 4 rings (SSSR count). The molecule has 0 bridgehead atoms. The molecule has 2 heterocycles. The molecule has 0 saturated carbocycles. The van der Waals surface area contributed by atoms with Gasteiger partial charge in [-0.15, -0.1) is 0 Å². The second-order valence-electron chi connectivity index (χ2n) is 6.38. The lowest BCUT2D eigenvalue weighted by Crippen LogP contribution is -2.33. The van der Waals surface area contributed by atoms with Gasteiger partial charge in [0.05, 0.1) is 17.8 Å². The molecule has 0 spiro atoms. The van der Waals surface area contributed by atoms with Crippen LogP contribution in [0.15, 0.2) is 46.0 Å². The number of fused-ring (bicyclic) bond motifs is 2. The van der Waals surface area contributed by atoms with E-state index >= 15 is 0 Å². The summed E-state index contributed by atoms with van der Waals surface area (Å²) in [5.74, 6) is -0.346. The Bertz CT molecular complexity index is 1110. The molecular weight excluding hydrogens is 332 g/mol. The number of rotatable bonds is 4. The third kappa shape index (κ3) is 3.03. The number of aromatic nitrogens is 3. The summed E-state index contributed by atoms with van der Waals surface area (Å²) >= 11 is 0. The smallest absolute Gasteiger partial charge is 0.267 e. The van der Waals surface area contributed by atoms with E-state index < -0.39 is 0 Å². The minimum absolute atomic E-state index is 0.151. The minimum Gasteiger partial charge on any atom is -0.350 e. The van der Waals surface area contributed by atoms with Gasteiger partial charge in [-0.3, -0.25) is 14.4 Å². The van der Waals surface area contributed by atoms with E-state index in [0.29, 0.717) is 23.0 Å². The van der Waals surface area contributed by atoms with Crippen molar-refractivity contribution in [3.8, 4) is 0 Å². The number of para-hydroxylation sites is 1. The summed E-state index contributed by atoms with van der Waals surface area (Å²) in [6, 6.07) is 10.1. The van der Waals surface area contributed by atoms with E-state index in [2.05, 4.69) is 15.4 Å². The maximum atomic E-state index is 12.5. The molecule has 0 radical (unpaired) electrons. The highest BCUT2D eigenvalue weighted by Gasteiger charge is 2.15. The van der Waals surface area contributed by atoms with Gasteiger partial charge in [-0.05, 0) is 30.9 Å². The zero-order valence-corrected chi connectivity index (χ0v) is 14.1. The molecule has 0 fully saturated rings. The van der Waals surface area contributed by atoms with Gasteiger partial charge in [0, 0.05) is 29.6 Å². The normalized spacial score (nSPS) is 12.9. The molecule has 1 aliphatic rings. The van der Waals surface area contributed by atoms with Crippen LogP contribution in [0.5, 0.6) is 0 Å². The lowest BCUT2D eigenvalue weighted by Gasteiger charge is -2.09. The highest BCUT2D eigenvalue weighted by Crippen LogP contribution is 2.17. The van der Waals surface area contributed by atoms with Gasteiger partial charge >= 0.3 is 0 Å². The van der Waals surface area contributed by atoms with Crippen molar-refractivity contribution in [2.45, 2.75) is 25.8 Å². The Balaban J connectivity index is 1.50. The third-order valence-corrected chi connectivity index (χ3v) is 4.63. The van der Waals surface area contributed by atoms with Crippen LogP contribution in [0, 0.1) is 0 Å². The molecule has 1 aliphatic carbocycles. The molecule has 7 nitrogen and oxygen atoms in total. The van der Waals surface area contributed by atoms with Crippen molar-refractivity contribution in [1.82, 2.24) is 20.1 Å². The zero-order chi connectivity index (χ0) is 18.1. The topological polar surface area (TPSA) is 96.8 Å². The van der Waals surface area contributed by atoms with Crippen molar-refractivity contribution in [1.29, 1.82) is 0 Å². The Kier molecular flexibility index (Phi) is 4.12. The number of hydrogen-bond donors (Lipinski definition) is 2. The summed E-state index contributed by atoms with van der Waals surface area (Å²) in [5.41, 5.74) is 2.45. The number of nitrogens with one attached hydrogen (secondary N) is 2. The number of carbonyl (C=O) groups excluding carboxylic acids is 1. The molecule has 1 amide bonds. The number of aryl methyl sites for hydroxylation is 2. The van der Waals surface area contributed by atoms with Gasteiger partial charge in [-0.1, -0.05) is 18.2 Å². The van der Waals surface area contributed by atoms with Crippen molar-refractivity contribution >= 4 is 16.8 Å². The van der Waals surface area contributed by atoms with Gasteiger partial charge in [0.2, 0.25) is 5.56 Å². The second kappa shape index (κ2) is 6.59. The molecule has 3 aromatic rings. The van der Waals surface area contributed by atoms with Crippen molar-refractivity contribution in [2.24, 2.45) is 0 Å². The first-order valence-electron chi connectivity index (χ1n) is 8.62. The van der Waals surface area contributed by atoms with Gasteiger partial charge in [0.25, 0.3) is 11.5 Å². The highest BCUT2D eigenvalue weighted by molar-refractivity contribution is 6.05. The lowest BCUT2D eigenvalue weighted by molar-refractivity contribution is 0.0953. The molecule has 0 unspecified atom stereocenters. The summed E-state index contributed by atoms with van der Waals surface area (Å²) < 4.78 is 1.39. The van der Waals surface area contributed by atoms with E-state index in [4.69, 9.17) is 0 Å². The van der Waals surface area contributed by atoms with Crippen molar-refractivity contribution in [2.75, 3.05) is 6.54 Å². The molecule has 0 saturated heterocycles. The predicted octanol–water partition coefficient (Wildman–Crippen LogP) is 1.00. The number of carbonyl (C=O) groups is 1. The molecule has 1 aromatic carbocycles. The van der Waals surface area contributed by atoms with Gasteiger partial charge in [0.15, 0.2) is 0 Å². The number of amides is 1. The summed E-state index contributed by atoms with van der Waals surface area (Å²) in [7, 11) is 0. The highest BCUT2D eigenvalue weighted by atomic mass is 16.2. The van der Waals surface area contributed by atoms with Gasteiger partial charge in [-0.25, -0.2) is 4.68 Å². The Hall–Kier alpha value is -3.22. The number of hydrogen-bond acceptors (Lipinski definition) is 4. The van der Waals surface area contributed by atoms with E-state index in [-0.39, 0.29) is 23.6 Å². The van der Waals surface area contributed by atoms with E-state index in [0.717, 1.165) is 30.5 Å². The molecular formula is C19H18N4O3. The van der Waals surface area contributed by atoms with Crippen molar-refractivity contribution in [3.05, 3.63) is 73.9 Å². The van der Waals surface area contributed by atoms with Crippen LogP contribution >= 0.6 is 0 Å². The van der Waals surface area contributed by atoms with Crippen LogP contribution in [0.4, 0.5) is 0 Å². The van der Waals surface area contributed by atoms with E-state index in [1.165, 1.54) is 10.7 Å². The van der Waals surface area contributed by atoms with Crippen LogP contribution in [-0.2, 0) is 19.4 Å². The monoisotopic (exact) mass is 350 g/mol. The Labute approximate surface area is 148 Å². The summed E-state index contributed by atoms with van der Waals surface area (Å²) in [6.45, 7) is 0.546. The lowest BCUT2D eigenvalue weighted by atomic mass is 10.1. The van der Waals surface area contributed by atoms with Crippen LogP contribution in [0.2, 0.25) is 0 Å². The first-order chi connectivity index (χ1) is 12.6. The van der Waals surface area contributed by atoms with Crippen LogP contribution in [-0.4, -0.2) is 27.2 Å². The van der Waals surface area contributed by atoms with Crippen molar-refractivity contribution in [3.63, 3.8) is 0 Å². The molecule has 7 heteroatoms. The number of nitrogens with zero attached hydrogens (tertiary/aromatic N) is 2. The maximum absolute atomic E-state index is 12.5. The third-order valence-electron chi connectivity index (χ3n) is 4.63. The van der Waals surface area contributed by atoms with Crippen LogP contribution < -0.4 is 16.4 Å². The standard InChI is InChI=1S/C19H18N4O3/c24-17-11-14(13-5-1-2-6-16(13)21-17)19(26)20-8-9-23-18(25)10-12-4-3-7-15(12)22-23/h1-2,5-6,10-11H,3-4,7-9H2,(H,20,26)(H,21,24). The summed E-state index contributed by atoms with van der Waals surface area (Å²) in [4.78, 5) is 39.1. The minimum atomic E-state index is -0.346. The Morgan fingerprint density at radius 2 is 2.04 bits per heavy atom. The van der Waals surface area contributed by atoms with Gasteiger partial charge in [-0.2, -0.15) is 5.10 Å². The molecule has 2 N–H and O–H groups in total. The summed E-state index contributed by atoms with van der Waals surface area (Å²) in [5, 5.41) is 7.83. The van der Waals surface area contributed by atoms with Gasteiger partial charge < -0.3 is 10.3 Å². The first-order valence-corrected chi connectivity index (χ1v) is 8.62. The van der Waals surface area contributed by atoms with Crippen LogP contribution in [0.25, 0.3) is 10.9 Å². The predicted molar refractivity (Wildman–Crippen MR) is 97.4 cm³/mol. The fourth-order valence-corrected chi connectivity index (χ4v) is 3.36. The number of pyridine rings is 1. The Morgan fingerprint density at radius 1 is 1.19 bits per heavy atom. The first kappa shape index (κ1) is 16.3. The summed E-state index contributed by atoms with van der Waals surface area (Å²) in [6.07, 6.45) is 2.82. The molecule has 2 aromatic heterocycles. The van der Waals surface area contributed by atoms with E-state index in [1.807, 2.05) is 6.07 Å². The average Bonchev–Trinajstić information content (AvgIpc) is 3.08. The quantitative estimate of drug-likeness (QED) is 0.734. The number of H-pyrrole nitrogens is 1. The fraction of sp³-hybridized carbons (Fsp3) is 0.263. The number of benzene rings is 1. The molecule has 26 heavy (non-hydrogen) atoms. The van der Waals surface area contributed by atoms with E-state index in [9.17, 15) is 14.4 Å². The number of aromatic amines is 1. The molecule has 0 aliphatic heterocycles. The van der Waals surface area contributed by atoms with E-state index in [1.54, 1.807) is 24.3 Å². The van der Waals surface area contributed by atoms with Gasteiger partial charge in [0.1, 0.15) is 0 Å². The second-order valence-corrected chi connectivity index (χ2v) is 6.38. The van der Waals surface area contributed by atoms with Crippen molar-refractivity contribution < 1.29 is 4.79 Å². The molecule has 132 valence electrons. The van der Waals surface area contributed by atoms with Crippen LogP contribution in [0.3, 0.4) is 0 Å². The zero-order valence-electron chi connectivity index (χ0n) is 14.1. The largest absolute Gasteiger partial charge is 0.350 e. The maximum Gasteiger partial charge on any atom is 0.267 e. The fourth-order valence-electron chi connectivity index (χ4n) is 3.36. The SMILES string of the molecule is O=C(NCCn1nc2c(cc1=O)CCC2)c1cc(=O)[nH]c2ccccc12. The molecule has 0 atom stereocenters. The average molecular weight is 350 g/mol. The Morgan fingerprint density at radius 3 is 2.92 bits per heavy atom. The van der Waals surface area contributed by atoms with Crippen LogP contribution in [0.1, 0.15) is 28.0 Å².